The molecular weight excluding hydrogens is 1500 g/mol. The number of fused-ring (bicyclic) bond motifs is 30. The maximum Gasteiger partial charge on any atom is 0.0547 e. The van der Waals surface area contributed by atoms with E-state index in [4.69, 9.17) is 0 Å². The Morgan fingerprint density at radius 1 is 0.193 bits per heavy atom. The van der Waals surface area contributed by atoms with E-state index in [0.717, 1.165) is 16.6 Å². The molecule has 0 atom stereocenters. The SMILES string of the molecule is Brc1ccc(-c2ccc3c4ccccc4n(-c4ccccc4)c3c2)cc1.CC1(C)c2ccccc2-c2cc3c(cc21)Cc1cc2c4ccccc4c4ccccc4c2cc1-3.CC1(C)c2ccccc2-c2cc3c4cc5c6ccccc6c6ccccc6c5cc4n(-c4ccc(-c5ccc6c7ccccc7n(-c7ccccc7)c6c5)cc4)c3cc21. The Labute approximate surface area is 698 Å². The van der Waals surface area contributed by atoms with Gasteiger partial charge in [0, 0.05) is 64.7 Å². The molecule has 0 saturated carbocycles. The molecule has 0 unspecified atom stereocenters. The van der Waals surface area contributed by atoms with Crippen LogP contribution in [0, 0.1) is 0 Å². The van der Waals surface area contributed by atoms with Crippen molar-refractivity contribution in [2.75, 3.05) is 0 Å². The van der Waals surface area contributed by atoms with Crippen LogP contribution in [0.15, 0.2) is 393 Å². The topological polar surface area (TPSA) is 14.8 Å². The van der Waals surface area contributed by atoms with E-state index < -0.39 is 0 Å². The lowest BCUT2D eigenvalue weighted by atomic mass is 9.81. The molecule has 560 valence electrons. The van der Waals surface area contributed by atoms with Crippen LogP contribution in [0.1, 0.15) is 61.1 Å². The van der Waals surface area contributed by atoms with Crippen LogP contribution in [-0.2, 0) is 17.3 Å². The van der Waals surface area contributed by atoms with Gasteiger partial charge in [0.05, 0.1) is 33.1 Å². The van der Waals surface area contributed by atoms with E-state index in [2.05, 4.69) is 446 Å². The smallest absolute Gasteiger partial charge is 0.0547 e. The molecule has 119 heavy (non-hydrogen) atoms. The van der Waals surface area contributed by atoms with E-state index in [9.17, 15) is 0 Å². The second-order valence-corrected chi connectivity index (χ2v) is 34.8. The summed E-state index contributed by atoms with van der Waals surface area (Å²) in [6, 6.07) is 143. The Balaban J connectivity index is 0.000000113. The van der Waals surface area contributed by atoms with Crippen molar-refractivity contribution in [2.24, 2.45) is 0 Å². The van der Waals surface area contributed by atoms with E-state index in [1.54, 1.807) is 0 Å². The van der Waals surface area contributed by atoms with Crippen LogP contribution in [0.4, 0.5) is 0 Å². The minimum absolute atomic E-state index is 0.0485. The van der Waals surface area contributed by atoms with E-state index in [0.29, 0.717) is 0 Å². The normalized spacial score (nSPS) is 13.4. The van der Waals surface area contributed by atoms with Crippen LogP contribution >= 0.6 is 15.9 Å². The molecule has 0 fully saturated rings. The molecule has 3 nitrogen and oxygen atoms in total. The van der Waals surface area contributed by atoms with Crippen molar-refractivity contribution in [1.82, 2.24) is 13.7 Å². The van der Waals surface area contributed by atoms with Crippen molar-refractivity contribution in [3.8, 4) is 72.7 Å². The first kappa shape index (κ1) is 69.2. The van der Waals surface area contributed by atoms with Gasteiger partial charge in [-0.05, 0) is 275 Å². The van der Waals surface area contributed by atoms with Crippen molar-refractivity contribution in [2.45, 2.75) is 44.9 Å². The Morgan fingerprint density at radius 2 is 0.513 bits per heavy atom. The third-order valence-corrected chi connectivity index (χ3v) is 27.3. The fraction of sp³-hybridized carbons (Fsp3) is 0.0609. The third kappa shape index (κ3) is 10.5. The van der Waals surface area contributed by atoms with Crippen LogP contribution in [0.2, 0.25) is 0 Å². The molecule has 0 spiro atoms. The number of para-hydroxylation sites is 4. The number of rotatable bonds is 5. The first-order valence-electron chi connectivity index (χ1n) is 41.6. The number of benzene rings is 20. The first-order chi connectivity index (χ1) is 58.4. The van der Waals surface area contributed by atoms with Gasteiger partial charge in [0.25, 0.3) is 0 Å². The number of nitrogens with zero attached hydrogens (tertiary/aromatic N) is 3. The highest BCUT2D eigenvalue weighted by Gasteiger charge is 2.39. The molecule has 3 aliphatic rings. The zero-order valence-electron chi connectivity index (χ0n) is 66.4. The van der Waals surface area contributed by atoms with Gasteiger partial charge in [0.15, 0.2) is 0 Å². The molecule has 4 heteroatoms. The highest BCUT2D eigenvalue weighted by atomic mass is 79.9. The molecular formula is C115H78BrN3. The standard InChI is InChI=1S/C57H38N2.C34H24.C24H16BrN/c1-57(2)51-22-12-10-20-43(51)48-32-50-49-31-46-41-18-8-6-16-39(41)40-17-7-9-19-42(40)47(46)33-55(49)59(56(50)34-52(48)57)38-27-24-35(25-28-38)36-26-29-45-44-21-11-13-23-53(44)58(54(45)30-36)37-14-4-3-5-15-37;1-34(2)32-14-8-7-13-26(32)31-19-28-21(17-33(31)34)15-20-16-29-24-11-5-3-9-22(24)23-10-4-6-12-25(23)30(29)18-27(20)28;25-19-13-10-17(11-14-19)18-12-15-22-21-8-4-5-9-23(21)26(24(22)16-18)20-6-2-1-3-7-20/h3-34H,1-2H3;3-14,16-19H,15H2,1-2H3;1-16H. The minimum Gasteiger partial charge on any atom is -0.309 e. The maximum absolute atomic E-state index is 3.52. The van der Waals surface area contributed by atoms with E-state index in [-0.39, 0.29) is 10.8 Å². The predicted molar refractivity (Wildman–Crippen MR) is 509 cm³/mol. The molecule has 0 aliphatic heterocycles. The molecule has 3 aromatic heterocycles. The highest BCUT2D eigenvalue weighted by Crippen LogP contribution is 2.55. The number of hydrogen-bond donors (Lipinski definition) is 0. The second-order valence-electron chi connectivity index (χ2n) is 33.9. The van der Waals surface area contributed by atoms with Crippen molar-refractivity contribution in [1.29, 1.82) is 0 Å². The van der Waals surface area contributed by atoms with Gasteiger partial charge in [-0.3, -0.25) is 0 Å². The first-order valence-corrected chi connectivity index (χ1v) is 42.4. The van der Waals surface area contributed by atoms with Gasteiger partial charge in [-0.15, -0.1) is 0 Å². The molecule has 20 aromatic carbocycles. The Hall–Kier alpha value is -14.2. The van der Waals surface area contributed by atoms with Crippen LogP contribution in [0.25, 0.3) is 203 Å². The molecule has 23 aromatic rings. The largest absolute Gasteiger partial charge is 0.309 e. The Morgan fingerprint density at radius 3 is 1.02 bits per heavy atom. The van der Waals surface area contributed by atoms with Gasteiger partial charge in [-0.2, -0.15) is 0 Å². The summed E-state index contributed by atoms with van der Waals surface area (Å²) in [6.07, 6.45) is 1.02. The molecule has 0 bridgehead atoms. The molecule has 26 rings (SSSR count). The lowest BCUT2D eigenvalue weighted by Crippen LogP contribution is -2.15. The molecule has 0 amide bonds. The van der Waals surface area contributed by atoms with Crippen LogP contribution < -0.4 is 0 Å². The summed E-state index contributed by atoms with van der Waals surface area (Å²) in [5.74, 6) is 0. The van der Waals surface area contributed by atoms with Crippen LogP contribution in [0.3, 0.4) is 0 Å². The molecule has 3 aliphatic carbocycles. The van der Waals surface area contributed by atoms with Crippen LogP contribution in [0.5, 0.6) is 0 Å². The summed E-state index contributed by atoms with van der Waals surface area (Å²) in [5, 5.41) is 23.6. The third-order valence-electron chi connectivity index (χ3n) is 26.8. The number of hydrogen-bond acceptors (Lipinski definition) is 0. The summed E-state index contributed by atoms with van der Waals surface area (Å²) < 4.78 is 8.37. The number of halogens is 1. The molecule has 0 radical (unpaired) electrons. The Bertz CT molecular complexity index is 8240. The minimum atomic E-state index is -0.108. The fourth-order valence-electron chi connectivity index (χ4n) is 21.1. The van der Waals surface area contributed by atoms with E-state index in [1.165, 1.54) is 230 Å². The van der Waals surface area contributed by atoms with Crippen molar-refractivity contribution in [3.05, 3.63) is 426 Å². The average Bonchev–Trinajstić information content (AvgIpc) is 1.55. The molecule has 0 N–H and O–H groups in total. The molecule has 0 saturated heterocycles. The lowest BCUT2D eigenvalue weighted by molar-refractivity contribution is 0.659. The van der Waals surface area contributed by atoms with Crippen molar-refractivity contribution < 1.29 is 0 Å². The quantitative estimate of drug-likeness (QED) is 0.153. The second kappa shape index (κ2) is 26.4. The summed E-state index contributed by atoms with van der Waals surface area (Å²) in [5.41, 5.74) is 32.6. The number of aromatic nitrogens is 3. The summed E-state index contributed by atoms with van der Waals surface area (Å²) in [7, 11) is 0. The van der Waals surface area contributed by atoms with Gasteiger partial charge >= 0.3 is 0 Å². The lowest BCUT2D eigenvalue weighted by Gasteiger charge is -2.22. The summed E-state index contributed by atoms with van der Waals surface area (Å²) in [6.45, 7) is 9.51. The highest BCUT2D eigenvalue weighted by molar-refractivity contribution is 9.10. The Kier molecular flexibility index (Phi) is 15.4. The monoisotopic (exact) mass is 1580 g/mol. The van der Waals surface area contributed by atoms with Gasteiger partial charge in [-0.1, -0.05) is 317 Å². The van der Waals surface area contributed by atoms with Gasteiger partial charge in [0.1, 0.15) is 0 Å². The zero-order chi connectivity index (χ0) is 79.1. The van der Waals surface area contributed by atoms with Crippen molar-refractivity contribution in [3.63, 3.8) is 0 Å². The fourth-order valence-corrected chi connectivity index (χ4v) is 21.4. The van der Waals surface area contributed by atoms with E-state index >= 15 is 0 Å². The van der Waals surface area contributed by atoms with Gasteiger partial charge < -0.3 is 13.7 Å². The average molecular weight is 1580 g/mol. The van der Waals surface area contributed by atoms with Gasteiger partial charge in [0.2, 0.25) is 0 Å². The maximum atomic E-state index is 3.52. The van der Waals surface area contributed by atoms with Gasteiger partial charge in [-0.25, -0.2) is 0 Å². The summed E-state index contributed by atoms with van der Waals surface area (Å²) >= 11 is 3.52. The van der Waals surface area contributed by atoms with Crippen molar-refractivity contribution >= 4 is 146 Å². The zero-order valence-corrected chi connectivity index (χ0v) is 68.0. The molecule has 3 heterocycles. The van der Waals surface area contributed by atoms with Crippen LogP contribution in [-0.4, -0.2) is 13.7 Å². The predicted octanol–water partition coefficient (Wildman–Crippen LogP) is 31.6. The summed E-state index contributed by atoms with van der Waals surface area (Å²) in [4.78, 5) is 0. The van der Waals surface area contributed by atoms with E-state index in [1.807, 2.05) is 0 Å².